The van der Waals surface area contributed by atoms with Crippen molar-refractivity contribution in [2.45, 2.75) is 6.92 Å². The van der Waals surface area contributed by atoms with Crippen LogP contribution in [0.15, 0.2) is 48.5 Å². The summed E-state index contributed by atoms with van der Waals surface area (Å²) < 4.78 is 4.99. The van der Waals surface area contributed by atoms with E-state index in [4.69, 9.17) is 4.74 Å². The second kappa shape index (κ2) is 5.63. The van der Waals surface area contributed by atoms with E-state index in [0.29, 0.717) is 5.75 Å². The van der Waals surface area contributed by atoms with E-state index >= 15 is 0 Å². The molecule has 1 aromatic heterocycles. The molecule has 0 saturated carbocycles. The van der Waals surface area contributed by atoms with Crippen LogP contribution in [0.2, 0.25) is 0 Å². The molecule has 4 nitrogen and oxygen atoms in total. The Morgan fingerprint density at radius 1 is 1.10 bits per heavy atom. The predicted molar refractivity (Wildman–Crippen MR) is 82.8 cm³/mol. The smallest absolute Gasteiger partial charge is 0.308 e. The zero-order chi connectivity index (χ0) is 14.7. The summed E-state index contributed by atoms with van der Waals surface area (Å²) >= 11 is 0. The van der Waals surface area contributed by atoms with Gasteiger partial charge in [0.25, 0.3) is 0 Å². The Kier molecular flexibility index (Phi) is 3.51. The fourth-order valence-corrected chi connectivity index (χ4v) is 2.04. The van der Waals surface area contributed by atoms with Gasteiger partial charge in [-0.2, -0.15) is 0 Å². The van der Waals surface area contributed by atoms with E-state index < -0.39 is 0 Å². The Bertz CT molecular complexity index is 768. The SMILES string of the molecule is CC(=O)Oc1ccc(/C=C/c2nc3ccccc3[nH]2)cc1. The van der Waals surface area contributed by atoms with E-state index in [1.165, 1.54) is 6.92 Å². The van der Waals surface area contributed by atoms with Gasteiger partial charge in [0.05, 0.1) is 11.0 Å². The first kappa shape index (κ1) is 13.1. The molecule has 0 radical (unpaired) electrons. The molecule has 21 heavy (non-hydrogen) atoms. The van der Waals surface area contributed by atoms with Gasteiger partial charge in [0.2, 0.25) is 0 Å². The lowest BCUT2D eigenvalue weighted by Gasteiger charge is -2.00. The lowest BCUT2D eigenvalue weighted by Crippen LogP contribution is -2.00. The van der Waals surface area contributed by atoms with Crippen LogP contribution in [0.25, 0.3) is 23.2 Å². The van der Waals surface area contributed by atoms with E-state index in [2.05, 4.69) is 9.97 Å². The van der Waals surface area contributed by atoms with Crippen LogP contribution in [0.4, 0.5) is 0 Å². The van der Waals surface area contributed by atoms with Crippen LogP contribution in [0.3, 0.4) is 0 Å². The summed E-state index contributed by atoms with van der Waals surface area (Å²) in [5.74, 6) is 1.03. The number of fused-ring (bicyclic) bond motifs is 1. The Labute approximate surface area is 122 Å². The molecule has 0 aliphatic carbocycles. The molecule has 1 N–H and O–H groups in total. The molecule has 0 amide bonds. The van der Waals surface area contributed by atoms with Gasteiger partial charge in [-0.05, 0) is 35.9 Å². The number of nitrogens with zero attached hydrogens (tertiary/aromatic N) is 1. The minimum absolute atomic E-state index is 0.319. The van der Waals surface area contributed by atoms with E-state index in [1.54, 1.807) is 12.1 Å². The number of aromatic nitrogens is 2. The molecule has 0 aliphatic heterocycles. The van der Waals surface area contributed by atoms with Gasteiger partial charge in [-0.15, -0.1) is 0 Å². The maximum Gasteiger partial charge on any atom is 0.308 e. The Balaban J connectivity index is 1.77. The van der Waals surface area contributed by atoms with Gasteiger partial charge in [0.15, 0.2) is 0 Å². The second-order valence-electron chi connectivity index (χ2n) is 4.64. The number of imidazole rings is 1. The highest BCUT2D eigenvalue weighted by atomic mass is 16.5. The summed E-state index contributed by atoms with van der Waals surface area (Å²) in [5, 5.41) is 0. The highest BCUT2D eigenvalue weighted by Crippen LogP contribution is 2.15. The monoisotopic (exact) mass is 278 g/mol. The Morgan fingerprint density at radius 3 is 2.57 bits per heavy atom. The molecule has 0 unspecified atom stereocenters. The topological polar surface area (TPSA) is 55.0 Å². The summed E-state index contributed by atoms with van der Waals surface area (Å²) in [6.07, 6.45) is 3.87. The van der Waals surface area contributed by atoms with Gasteiger partial charge in [0.1, 0.15) is 11.6 Å². The largest absolute Gasteiger partial charge is 0.427 e. The van der Waals surface area contributed by atoms with Crippen LogP contribution in [-0.4, -0.2) is 15.9 Å². The fourth-order valence-electron chi connectivity index (χ4n) is 2.04. The summed E-state index contributed by atoms with van der Waals surface area (Å²) in [7, 11) is 0. The van der Waals surface area contributed by atoms with E-state index in [-0.39, 0.29) is 5.97 Å². The molecule has 0 spiro atoms. The van der Waals surface area contributed by atoms with E-state index in [9.17, 15) is 4.79 Å². The zero-order valence-electron chi connectivity index (χ0n) is 11.5. The minimum atomic E-state index is -0.319. The van der Waals surface area contributed by atoms with Crippen molar-refractivity contribution in [2.75, 3.05) is 0 Å². The number of para-hydroxylation sites is 2. The van der Waals surface area contributed by atoms with Gasteiger partial charge in [0, 0.05) is 6.92 Å². The minimum Gasteiger partial charge on any atom is -0.427 e. The van der Waals surface area contributed by atoms with Crippen molar-refractivity contribution in [3.8, 4) is 5.75 Å². The number of esters is 1. The molecule has 2 aromatic carbocycles. The third-order valence-electron chi connectivity index (χ3n) is 2.98. The van der Waals surface area contributed by atoms with Crippen molar-refractivity contribution in [1.29, 1.82) is 0 Å². The summed E-state index contributed by atoms with van der Waals surface area (Å²) in [6.45, 7) is 1.38. The number of H-pyrrole nitrogens is 1. The third kappa shape index (κ3) is 3.17. The van der Waals surface area contributed by atoms with Crippen molar-refractivity contribution in [3.05, 3.63) is 59.9 Å². The Hall–Kier alpha value is -2.88. The molecule has 0 bridgehead atoms. The highest BCUT2D eigenvalue weighted by Gasteiger charge is 1.99. The number of rotatable bonds is 3. The van der Waals surface area contributed by atoms with Crippen molar-refractivity contribution < 1.29 is 9.53 Å². The number of carbonyl (C=O) groups is 1. The van der Waals surface area contributed by atoms with Gasteiger partial charge >= 0.3 is 5.97 Å². The molecule has 0 fully saturated rings. The van der Waals surface area contributed by atoms with Crippen LogP contribution in [0.1, 0.15) is 18.3 Å². The average molecular weight is 278 g/mol. The average Bonchev–Trinajstić information content (AvgIpc) is 2.89. The number of hydrogen-bond donors (Lipinski definition) is 1. The van der Waals surface area contributed by atoms with E-state index in [1.807, 2.05) is 48.6 Å². The molecule has 3 aromatic rings. The number of aromatic amines is 1. The molecule has 104 valence electrons. The van der Waals surface area contributed by atoms with Crippen LogP contribution >= 0.6 is 0 Å². The summed E-state index contributed by atoms with van der Waals surface area (Å²) in [6, 6.07) is 15.2. The van der Waals surface area contributed by atoms with Crippen molar-refractivity contribution in [3.63, 3.8) is 0 Å². The summed E-state index contributed by atoms with van der Waals surface area (Å²) in [5.41, 5.74) is 2.97. The number of nitrogens with one attached hydrogen (secondary N) is 1. The molecular formula is C17H14N2O2. The number of hydrogen-bond acceptors (Lipinski definition) is 3. The van der Waals surface area contributed by atoms with Crippen LogP contribution in [0.5, 0.6) is 5.75 Å². The lowest BCUT2D eigenvalue weighted by molar-refractivity contribution is -0.131. The summed E-state index contributed by atoms with van der Waals surface area (Å²) in [4.78, 5) is 18.6. The van der Waals surface area contributed by atoms with Crippen LogP contribution in [-0.2, 0) is 4.79 Å². The molecule has 3 rings (SSSR count). The first-order chi connectivity index (χ1) is 10.2. The maximum atomic E-state index is 10.8. The van der Waals surface area contributed by atoms with Gasteiger partial charge in [-0.25, -0.2) is 4.98 Å². The standard InChI is InChI=1S/C17H14N2O2/c1-12(20)21-14-9-6-13(7-10-14)8-11-17-18-15-4-2-3-5-16(15)19-17/h2-11H,1H3,(H,18,19)/b11-8+. The van der Waals surface area contributed by atoms with E-state index in [0.717, 1.165) is 22.4 Å². The van der Waals surface area contributed by atoms with Gasteiger partial charge in [-0.1, -0.05) is 30.3 Å². The molecule has 4 heteroatoms. The number of ether oxygens (including phenoxy) is 1. The normalized spacial score (nSPS) is 11.1. The van der Waals surface area contributed by atoms with Crippen LogP contribution < -0.4 is 4.74 Å². The molecule has 0 aliphatic rings. The quantitative estimate of drug-likeness (QED) is 0.587. The first-order valence-electron chi connectivity index (χ1n) is 6.62. The second-order valence-corrected chi connectivity index (χ2v) is 4.64. The third-order valence-corrected chi connectivity index (χ3v) is 2.98. The maximum absolute atomic E-state index is 10.8. The number of benzene rings is 2. The zero-order valence-corrected chi connectivity index (χ0v) is 11.5. The van der Waals surface area contributed by atoms with Crippen LogP contribution in [0, 0.1) is 0 Å². The van der Waals surface area contributed by atoms with Crippen molar-refractivity contribution >= 4 is 29.2 Å². The lowest BCUT2D eigenvalue weighted by atomic mass is 10.2. The molecule has 0 saturated heterocycles. The van der Waals surface area contributed by atoms with Crippen molar-refractivity contribution in [2.24, 2.45) is 0 Å². The molecule has 1 heterocycles. The van der Waals surface area contributed by atoms with Gasteiger partial charge < -0.3 is 9.72 Å². The first-order valence-corrected chi connectivity index (χ1v) is 6.62. The van der Waals surface area contributed by atoms with Gasteiger partial charge in [-0.3, -0.25) is 4.79 Å². The Morgan fingerprint density at radius 2 is 1.86 bits per heavy atom. The molecule has 0 atom stereocenters. The van der Waals surface area contributed by atoms with Crippen molar-refractivity contribution in [1.82, 2.24) is 9.97 Å². The number of carbonyl (C=O) groups excluding carboxylic acids is 1. The highest BCUT2D eigenvalue weighted by molar-refractivity contribution is 5.78. The predicted octanol–water partition coefficient (Wildman–Crippen LogP) is 3.66. The fraction of sp³-hybridized carbons (Fsp3) is 0.0588. The molecular weight excluding hydrogens is 264 g/mol.